The summed E-state index contributed by atoms with van der Waals surface area (Å²) in [7, 11) is 3.48. The number of carbonyl (C=O) groups is 1. The van der Waals surface area contributed by atoms with Crippen LogP contribution in [0.1, 0.15) is 24.1 Å². The number of aliphatic imine (C=N–C) groups is 1. The summed E-state index contributed by atoms with van der Waals surface area (Å²) in [5.74, 6) is 0.657. The second-order valence-electron chi connectivity index (χ2n) is 7.05. The SMILES string of the molecule is CN(C)C(=O)CN=C(NCc1cccs1)NC1CCOC2(CCOC2)C1. The maximum Gasteiger partial charge on any atom is 0.243 e. The smallest absolute Gasteiger partial charge is 0.243 e. The average Bonchev–Trinajstić information content (AvgIpc) is 3.29. The molecule has 2 saturated heterocycles. The Morgan fingerprint density at radius 1 is 1.46 bits per heavy atom. The summed E-state index contributed by atoms with van der Waals surface area (Å²) in [5.41, 5.74) is -0.158. The number of hydrogen-bond acceptors (Lipinski definition) is 5. The molecule has 1 spiro atoms. The number of amides is 1. The Morgan fingerprint density at radius 2 is 2.35 bits per heavy atom. The Hall–Kier alpha value is -1.64. The molecule has 2 unspecified atom stereocenters. The van der Waals surface area contributed by atoms with E-state index in [0.717, 1.165) is 32.5 Å². The number of guanidine groups is 1. The fourth-order valence-corrected chi connectivity index (χ4v) is 3.88. The molecule has 0 bridgehead atoms. The monoisotopic (exact) mass is 380 g/mol. The standard InChI is InChI=1S/C18H28N4O3S/c1-22(2)16(23)12-20-17(19-11-15-4-3-9-26-15)21-14-5-7-25-18(10-14)6-8-24-13-18/h3-4,9,14H,5-8,10-13H2,1-2H3,(H2,19,20,21). The van der Waals surface area contributed by atoms with Gasteiger partial charge in [0.15, 0.2) is 5.96 Å². The highest BCUT2D eigenvalue weighted by Crippen LogP contribution is 2.32. The van der Waals surface area contributed by atoms with Crippen LogP contribution in [0, 0.1) is 0 Å². The van der Waals surface area contributed by atoms with E-state index in [0.29, 0.717) is 19.1 Å². The van der Waals surface area contributed by atoms with Crippen LogP contribution < -0.4 is 10.6 Å². The molecule has 3 rings (SSSR count). The third kappa shape index (κ3) is 5.18. The van der Waals surface area contributed by atoms with Gasteiger partial charge in [-0.1, -0.05) is 6.07 Å². The fourth-order valence-electron chi connectivity index (χ4n) is 3.23. The molecule has 2 N–H and O–H groups in total. The number of nitrogens with one attached hydrogen (secondary N) is 2. The molecule has 0 aliphatic carbocycles. The maximum atomic E-state index is 11.9. The van der Waals surface area contributed by atoms with E-state index in [1.165, 1.54) is 4.88 Å². The lowest BCUT2D eigenvalue weighted by Crippen LogP contribution is -2.51. The van der Waals surface area contributed by atoms with E-state index in [9.17, 15) is 4.79 Å². The van der Waals surface area contributed by atoms with Crippen LogP contribution in [0.3, 0.4) is 0 Å². The summed E-state index contributed by atoms with van der Waals surface area (Å²) < 4.78 is 11.5. The fraction of sp³-hybridized carbons (Fsp3) is 0.667. The van der Waals surface area contributed by atoms with Gasteiger partial charge in [0.1, 0.15) is 6.54 Å². The molecule has 2 fully saturated rings. The van der Waals surface area contributed by atoms with Gasteiger partial charge in [-0.2, -0.15) is 0 Å². The van der Waals surface area contributed by atoms with Gasteiger partial charge < -0.3 is 25.0 Å². The zero-order valence-electron chi connectivity index (χ0n) is 15.5. The van der Waals surface area contributed by atoms with E-state index >= 15 is 0 Å². The van der Waals surface area contributed by atoms with Crippen LogP contribution in [0.2, 0.25) is 0 Å². The van der Waals surface area contributed by atoms with E-state index in [4.69, 9.17) is 9.47 Å². The first-order valence-corrected chi connectivity index (χ1v) is 9.93. The van der Waals surface area contributed by atoms with Crippen molar-refractivity contribution in [2.45, 2.75) is 37.5 Å². The van der Waals surface area contributed by atoms with E-state index in [-0.39, 0.29) is 24.1 Å². The lowest BCUT2D eigenvalue weighted by molar-refractivity contribution is -0.127. The van der Waals surface area contributed by atoms with Crippen molar-refractivity contribution in [2.75, 3.05) is 40.5 Å². The summed E-state index contributed by atoms with van der Waals surface area (Å²) in [5, 5.41) is 8.91. The highest BCUT2D eigenvalue weighted by molar-refractivity contribution is 7.09. The Labute approximate surface area is 158 Å². The van der Waals surface area contributed by atoms with Gasteiger partial charge in [-0.3, -0.25) is 4.79 Å². The van der Waals surface area contributed by atoms with Crippen molar-refractivity contribution in [1.82, 2.24) is 15.5 Å². The molecule has 2 atom stereocenters. The van der Waals surface area contributed by atoms with Gasteiger partial charge in [-0.25, -0.2) is 4.99 Å². The third-order valence-corrected chi connectivity index (χ3v) is 5.66. The second-order valence-corrected chi connectivity index (χ2v) is 8.09. The second kappa shape index (κ2) is 8.83. The first-order chi connectivity index (χ1) is 12.6. The summed E-state index contributed by atoms with van der Waals surface area (Å²) in [6, 6.07) is 4.37. The minimum absolute atomic E-state index is 0.0186. The number of nitrogens with zero attached hydrogens (tertiary/aromatic N) is 2. The molecule has 1 amide bonds. The molecule has 8 heteroatoms. The van der Waals surface area contributed by atoms with E-state index in [1.807, 2.05) is 6.07 Å². The van der Waals surface area contributed by atoms with Gasteiger partial charge in [0.05, 0.1) is 18.8 Å². The van der Waals surface area contributed by atoms with Crippen LogP contribution >= 0.6 is 11.3 Å². The molecule has 2 aliphatic heterocycles. The van der Waals surface area contributed by atoms with Crippen molar-refractivity contribution in [3.63, 3.8) is 0 Å². The minimum atomic E-state index is -0.158. The Kier molecular flexibility index (Phi) is 6.50. The van der Waals surface area contributed by atoms with Crippen molar-refractivity contribution in [3.05, 3.63) is 22.4 Å². The highest BCUT2D eigenvalue weighted by Gasteiger charge is 2.41. The zero-order valence-corrected chi connectivity index (χ0v) is 16.3. The van der Waals surface area contributed by atoms with Crippen LogP contribution in [0.25, 0.3) is 0 Å². The molecule has 1 aromatic rings. The molecule has 0 saturated carbocycles. The third-order valence-electron chi connectivity index (χ3n) is 4.78. The summed E-state index contributed by atoms with van der Waals surface area (Å²) in [6.45, 7) is 2.97. The molecule has 0 radical (unpaired) electrons. The van der Waals surface area contributed by atoms with Crippen LogP contribution in [0.4, 0.5) is 0 Å². The molecule has 0 aromatic carbocycles. The molecule has 3 heterocycles. The minimum Gasteiger partial charge on any atom is -0.378 e. The van der Waals surface area contributed by atoms with Crippen LogP contribution in [0.15, 0.2) is 22.5 Å². The van der Waals surface area contributed by atoms with Gasteiger partial charge in [0, 0.05) is 44.6 Å². The highest BCUT2D eigenvalue weighted by atomic mass is 32.1. The number of hydrogen-bond donors (Lipinski definition) is 2. The van der Waals surface area contributed by atoms with E-state index < -0.39 is 0 Å². The summed E-state index contributed by atoms with van der Waals surface area (Å²) in [6.07, 6.45) is 2.76. The van der Waals surface area contributed by atoms with Crippen LogP contribution in [-0.4, -0.2) is 68.9 Å². The number of likely N-dealkylation sites (N-methyl/N-ethyl adjacent to an activating group) is 1. The van der Waals surface area contributed by atoms with Crippen molar-refractivity contribution in [3.8, 4) is 0 Å². The normalized spacial score (nSPS) is 26.1. The van der Waals surface area contributed by atoms with Crippen molar-refractivity contribution < 1.29 is 14.3 Å². The number of thiophene rings is 1. The first kappa shape index (κ1) is 19.1. The van der Waals surface area contributed by atoms with Crippen molar-refractivity contribution >= 4 is 23.2 Å². The Bertz CT molecular complexity index is 612. The Morgan fingerprint density at radius 3 is 3.04 bits per heavy atom. The number of ether oxygens (including phenoxy) is 2. The predicted molar refractivity (Wildman–Crippen MR) is 102 cm³/mol. The van der Waals surface area contributed by atoms with Gasteiger partial charge in [-0.15, -0.1) is 11.3 Å². The average molecular weight is 381 g/mol. The largest absolute Gasteiger partial charge is 0.378 e. The van der Waals surface area contributed by atoms with Crippen molar-refractivity contribution in [2.24, 2.45) is 4.99 Å². The summed E-state index contributed by atoms with van der Waals surface area (Å²) >= 11 is 1.70. The predicted octanol–water partition coefficient (Wildman–Crippen LogP) is 1.21. The van der Waals surface area contributed by atoms with Crippen LogP contribution in [-0.2, 0) is 20.8 Å². The molecular weight excluding hydrogens is 352 g/mol. The van der Waals surface area contributed by atoms with Gasteiger partial charge in [0.2, 0.25) is 5.91 Å². The number of rotatable bonds is 5. The van der Waals surface area contributed by atoms with Gasteiger partial charge in [0.25, 0.3) is 0 Å². The van der Waals surface area contributed by atoms with E-state index in [1.54, 1.807) is 30.3 Å². The molecular formula is C18H28N4O3S. The van der Waals surface area contributed by atoms with Gasteiger partial charge in [-0.05, 0) is 24.3 Å². The first-order valence-electron chi connectivity index (χ1n) is 9.05. The lowest BCUT2D eigenvalue weighted by atomic mass is 9.90. The molecule has 1 aromatic heterocycles. The topological polar surface area (TPSA) is 75.2 Å². The molecule has 7 nitrogen and oxygen atoms in total. The molecule has 2 aliphatic rings. The van der Waals surface area contributed by atoms with Crippen molar-refractivity contribution in [1.29, 1.82) is 0 Å². The van der Waals surface area contributed by atoms with Gasteiger partial charge >= 0.3 is 0 Å². The zero-order chi connectivity index (χ0) is 18.4. The Balaban J connectivity index is 1.61. The number of carbonyl (C=O) groups excluding carboxylic acids is 1. The van der Waals surface area contributed by atoms with E-state index in [2.05, 4.69) is 27.1 Å². The quantitative estimate of drug-likeness (QED) is 0.593. The molecule has 26 heavy (non-hydrogen) atoms. The summed E-state index contributed by atoms with van der Waals surface area (Å²) in [4.78, 5) is 19.2. The molecule has 144 valence electrons. The lowest BCUT2D eigenvalue weighted by Gasteiger charge is -2.37. The van der Waals surface area contributed by atoms with Crippen LogP contribution in [0.5, 0.6) is 0 Å². The maximum absolute atomic E-state index is 11.9.